The molecule has 2 aromatic carbocycles. The van der Waals surface area contributed by atoms with Crippen molar-refractivity contribution in [3.8, 4) is 11.1 Å². The molecule has 2 aromatic heterocycles. The summed E-state index contributed by atoms with van der Waals surface area (Å²) in [5, 5.41) is 28.8. The molecule has 0 bridgehead atoms. The van der Waals surface area contributed by atoms with E-state index in [0.717, 1.165) is 113 Å². The number of nitrogens with one attached hydrogen (secondary N) is 2. The molecule has 6 aliphatic rings. The molecule has 4 N–H and O–H groups in total. The molecule has 73 heavy (non-hydrogen) atoms. The molecule has 4 aromatic rings. The zero-order chi connectivity index (χ0) is 50.3. The molecule has 0 spiro atoms. The Morgan fingerprint density at radius 2 is 1.32 bits per heavy atom. The number of rotatable bonds is 21. The summed E-state index contributed by atoms with van der Waals surface area (Å²) >= 11 is 0. The fraction of sp³-hybridized carbons (Fsp3) is 0.579. The predicted molar refractivity (Wildman–Crippen MR) is 273 cm³/mol. The summed E-state index contributed by atoms with van der Waals surface area (Å²) in [5.41, 5.74) is 6.62. The van der Waals surface area contributed by atoms with E-state index in [1.807, 2.05) is 9.80 Å². The first-order valence-corrected chi connectivity index (χ1v) is 27.2. The van der Waals surface area contributed by atoms with Crippen LogP contribution in [0.2, 0.25) is 0 Å². The van der Waals surface area contributed by atoms with Crippen molar-refractivity contribution in [3.05, 3.63) is 105 Å². The molecule has 0 radical (unpaired) electrons. The maximum atomic E-state index is 17.3. The van der Waals surface area contributed by atoms with Crippen molar-refractivity contribution >= 4 is 23.6 Å². The Balaban J connectivity index is 0.848. The van der Waals surface area contributed by atoms with E-state index < -0.39 is 41.8 Å². The van der Waals surface area contributed by atoms with Gasteiger partial charge in [-0.2, -0.15) is 0 Å². The Labute approximate surface area is 427 Å². The van der Waals surface area contributed by atoms with E-state index in [1.165, 1.54) is 29.3 Å². The van der Waals surface area contributed by atoms with Crippen molar-refractivity contribution in [2.75, 3.05) is 82.9 Å². The topological polar surface area (TPSA) is 168 Å². The number of aliphatic carboxylic acids is 2. The van der Waals surface area contributed by atoms with E-state index in [9.17, 15) is 19.8 Å². The second kappa shape index (κ2) is 24.1. The highest BCUT2D eigenvalue weighted by Crippen LogP contribution is 2.45. The number of halogens is 2. The van der Waals surface area contributed by atoms with E-state index in [2.05, 4.69) is 34.9 Å². The third-order valence-corrected chi connectivity index (χ3v) is 15.9. The molecule has 8 heterocycles. The average molecular weight is 1010 g/mol. The summed E-state index contributed by atoms with van der Waals surface area (Å²) in [7, 11) is 0. The van der Waals surface area contributed by atoms with Crippen LogP contribution in [-0.2, 0) is 54.2 Å². The normalized spacial score (nSPS) is 23.1. The van der Waals surface area contributed by atoms with Gasteiger partial charge in [0, 0.05) is 88.6 Å². The Bertz CT molecular complexity index is 2570. The summed E-state index contributed by atoms with van der Waals surface area (Å²) in [6.45, 7) is 5.70. The number of carbonyl (C=O) groups is 2. The molecule has 4 saturated heterocycles. The summed E-state index contributed by atoms with van der Waals surface area (Å²) in [5.74, 6) is -1.98. The van der Waals surface area contributed by atoms with Gasteiger partial charge >= 0.3 is 11.9 Å². The number of ether oxygens (including phenoxy) is 4. The number of benzene rings is 2. The maximum absolute atomic E-state index is 17.3. The Kier molecular flexibility index (Phi) is 16.9. The number of unbranched alkanes of at least 4 members (excludes halogenated alkanes) is 2. The van der Waals surface area contributed by atoms with Crippen molar-refractivity contribution in [2.45, 2.75) is 139 Å². The Morgan fingerprint density at radius 1 is 0.699 bits per heavy atom. The molecule has 14 nitrogen and oxygen atoms in total. The van der Waals surface area contributed by atoms with Crippen LogP contribution >= 0.6 is 0 Å². The van der Waals surface area contributed by atoms with Gasteiger partial charge in [-0.1, -0.05) is 12.1 Å². The van der Waals surface area contributed by atoms with Crippen molar-refractivity contribution in [2.24, 2.45) is 0 Å². The second-order valence-corrected chi connectivity index (χ2v) is 21.0. The van der Waals surface area contributed by atoms with Gasteiger partial charge in [-0.25, -0.2) is 18.7 Å². The lowest BCUT2D eigenvalue weighted by Crippen LogP contribution is -2.35. The van der Waals surface area contributed by atoms with E-state index in [4.69, 9.17) is 28.9 Å². The van der Waals surface area contributed by atoms with Crippen molar-refractivity contribution < 1.29 is 47.5 Å². The van der Waals surface area contributed by atoms with Gasteiger partial charge < -0.3 is 39.8 Å². The highest BCUT2D eigenvalue weighted by Gasteiger charge is 2.41. The summed E-state index contributed by atoms with van der Waals surface area (Å²) < 4.78 is 58.4. The van der Waals surface area contributed by atoms with Crippen LogP contribution in [-0.4, -0.2) is 126 Å². The molecule has 10 rings (SSSR count). The van der Waals surface area contributed by atoms with Crippen molar-refractivity contribution in [1.82, 2.24) is 19.8 Å². The smallest absolute Gasteiger partial charge is 0.325 e. The third kappa shape index (κ3) is 12.2. The number of hydrogen-bond donors (Lipinski definition) is 4. The molecular formula is C57H72F2N6O8. The number of nitrogens with zero attached hydrogens (tertiary/aromatic N) is 4. The SMILES string of the molecule is O=C(O)[C@H](c1cc(F)c(-c2cc(F)cc([C@H](C(=O)O)N3CC[C@@H](OCCCCc4ccc5c(n4)NCCC5)C3)c2[C@@H]2CCOC2)cc1[C@@H]1CCCCO1)N1CC[C@@H](OCCCCc2ccc3c(n2)NCCC3)C1. The lowest BCUT2D eigenvalue weighted by molar-refractivity contribution is -0.144. The van der Waals surface area contributed by atoms with Crippen molar-refractivity contribution in [3.63, 3.8) is 0 Å². The van der Waals surface area contributed by atoms with Crippen LogP contribution in [0.1, 0.15) is 146 Å². The molecule has 6 aliphatic heterocycles. The first kappa shape index (κ1) is 51.4. The van der Waals surface area contributed by atoms with Gasteiger partial charge in [0.2, 0.25) is 0 Å². The lowest BCUT2D eigenvalue weighted by atomic mass is 9.81. The van der Waals surface area contributed by atoms with Gasteiger partial charge in [0.25, 0.3) is 0 Å². The second-order valence-electron chi connectivity index (χ2n) is 21.0. The molecule has 392 valence electrons. The molecule has 6 atom stereocenters. The number of carboxylic acid groups (broad SMARTS) is 2. The minimum absolute atomic E-state index is 0.0813. The largest absolute Gasteiger partial charge is 0.480 e. The van der Waals surface area contributed by atoms with Crippen LogP contribution in [0, 0.1) is 11.6 Å². The highest BCUT2D eigenvalue weighted by molar-refractivity contribution is 5.81. The molecule has 16 heteroatoms. The van der Waals surface area contributed by atoms with Crippen LogP contribution in [0.4, 0.5) is 20.4 Å². The minimum Gasteiger partial charge on any atom is -0.480 e. The van der Waals surface area contributed by atoms with Gasteiger partial charge in [0.05, 0.1) is 24.9 Å². The zero-order valence-corrected chi connectivity index (χ0v) is 42.1. The number of fused-ring (bicyclic) bond motifs is 2. The summed E-state index contributed by atoms with van der Waals surface area (Å²) in [4.78, 5) is 40.2. The van der Waals surface area contributed by atoms with Crippen LogP contribution in [0.3, 0.4) is 0 Å². The zero-order valence-electron chi connectivity index (χ0n) is 42.1. The van der Waals surface area contributed by atoms with E-state index in [1.54, 1.807) is 6.07 Å². The fourth-order valence-corrected chi connectivity index (χ4v) is 12.2. The number of pyridine rings is 2. The van der Waals surface area contributed by atoms with Gasteiger partial charge in [-0.05, 0) is 178 Å². The fourth-order valence-electron chi connectivity index (χ4n) is 12.2. The van der Waals surface area contributed by atoms with Gasteiger partial charge in [-0.3, -0.25) is 19.4 Å². The molecular weight excluding hydrogens is 935 g/mol. The minimum atomic E-state index is -1.23. The Hall–Kier alpha value is -5.10. The van der Waals surface area contributed by atoms with Gasteiger partial charge in [0.15, 0.2) is 0 Å². The van der Waals surface area contributed by atoms with E-state index in [-0.39, 0.29) is 41.4 Å². The van der Waals surface area contributed by atoms with Crippen LogP contribution in [0.25, 0.3) is 11.1 Å². The molecule has 4 fully saturated rings. The van der Waals surface area contributed by atoms with Crippen LogP contribution in [0.5, 0.6) is 0 Å². The number of likely N-dealkylation sites (tertiary alicyclic amines) is 2. The molecule has 0 amide bonds. The molecule has 0 aliphatic carbocycles. The van der Waals surface area contributed by atoms with E-state index in [0.29, 0.717) is 95.0 Å². The molecule has 0 saturated carbocycles. The third-order valence-electron chi connectivity index (χ3n) is 15.9. The van der Waals surface area contributed by atoms with Crippen LogP contribution in [0.15, 0.2) is 48.5 Å². The first-order chi connectivity index (χ1) is 35.7. The molecule has 0 unspecified atom stereocenters. The predicted octanol–water partition coefficient (Wildman–Crippen LogP) is 9.36. The van der Waals surface area contributed by atoms with Crippen LogP contribution < -0.4 is 10.6 Å². The number of hydrogen-bond acceptors (Lipinski definition) is 12. The summed E-state index contributed by atoms with van der Waals surface area (Å²) in [6.07, 6.45) is 12.7. The number of anilines is 2. The summed E-state index contributed by atoms with van der Waals surface area (Å²) in [6, 6.07) is 11.7. The Morgan fingerprint density at radius 3 is 1.88 bits per heavy atom. The monoisotopic (exact) mass is 1010 g/mol. The maximum Gasteiger partial charge on any atom is 0.325 e. The number of aryl methyl sites for hydroxylation is 4. The average Bonchev–Trinajstić information content (AvgIpc) is 4.21. The number of aromatic nitrogens is 2. The lowest BCUT2D eigenvalue weighted by Gasteiger charge is -2.32. The highest BCUT2D eigenvalue weighted by atomic mass is 19.1. The number of carboxylic acids is 2. The van der Waals surface area contributed by atoms with Gasteiger partial charge in [-0.15, -0.1) is 0 Å². The van der Waals surface area contributed by atoms with E-state index >= 15 is 8.78 Å². The first-order valence-electron chi connectivity index (χ1n) is 27.2. The van der Waals surface area contributed by atoms with Crippen molar-refractivity contribution in [1.29, 1.82) is 0 Å². The standard InChI is InChI=1S/C57H72F2N6O8/c58-39-29-46(51(38-20-28-70-35-38)48(30-39)53(57(68)69)65-24-19-43(34-65)72-26-5-2-12-41-17-15-37-10-8-22-61-55(37)63-41)44-31-45(50-13-3-6-27-73-50)47(32-49(44)59)52(56(66)67)64-23-18-42(33-64)71-25-4-1-11-40-16-14-36-9-7-21-60-54(36)62-40/h14-17,29-32,38,42-43,50,52-53H,1-13,18-28,33-35H2,(H,60,62)(H,61,63)(H,66,67)(H,68,69)/t38-,42-,43-,50+,52+,53-/m1/s1. The van der Waals surface area contributed by atoms with Gasteiger partial charge in [0.1, 0.15) is 35.4 Å². The quantitative estimate of drug-likeness (QED) is 0.0583.